The van der Waals surface area contributed by atoms with E-state index in [0.717, 1.165) is 5.19 Å². The molecular formula is C6H7NO2S. The lowest BCUT2D eigenvalue weighted by Gasteiger charge is -2.24. The number of aromatic nitrogens is 1. The first-order valence-electron chi connectivity index (χ1n) is 3.09. The molecule has 1 fully saturated rings. The van der Waals surface area contributed by atoms with Crippen molar-refractivity contribution in [1.82, 2.24) is 4.98 Å². The zero-order valence-corrected chi connectivity index (χ0v) is 6.13. The fourth-order valence-corrected chi connectivity index (χ4v) is 1.24. The second-order valence-electron chi connectivity index (χ2n) is 2.08. The lowest BCUT2D eigenvalue weighted by molar-refractivity contribution is -0.0797. The van der Waals surface area contributed by atoms with Crippen LogP contribution < -0.4 is 4.74 Å². The summed E-state index contributed by atoms with van der Waals surface area (Å²) in [7, 11) is 0. The van der Waals surface area contributed by atoms with E-state index in [4.69, 9.17) is 9.47 Å². The van der Waals surface area contributed by atoms with E-state index < -0.39 is 0 Å². The Morgan fingerprint density at radius 1 is 1.70 bits per heavy atom. The van der Waals surface area contributed by atoms with Gasteiger partial charge in [0, 0.05) is 11.6 Å². The molecule has 1 aliphatic rings. The maximum atomic E-state index is 5.37. The van der Waals surface area contributed by atoms with E-state index in [1.54, 1.807) is 6.20 Å². The van der Waals surface area contributed by atoms with Crippen LogP contribution in [0.4, 0.5) is 0 Å². The smallest absolute Gasteiger partial charge is 0.273 e. The largest absolute Gasteiger partial charge is 0.462 e. The molecule has 0 aliphatic carbocycles. The van der Waals surface area contributed by atoms with Gasteiger partial charge in [0.15, 0.2) is 0 Å². The van der Waals surface area contributed by atoms with Crippen LogP contribution in [0.3, 0.4) is 0 Å². The first-order valence-corrected chi connectivity index (χ1v) is 3.97. The summed E-state index contributed by atoms with van der Waals surface area (Å²) in [5.74, 6) is 0. The molecule has 2 rings (SSSR count). The number of hydrogen-bond donors (Lipinski definition) is 0. The van der Waals surface area contributed by atoms with Crippen molar-refractivity contribution < 1.29 is 9.47 Å². The van der Waals surface area contributed by atoms with Crippen molar-refractivity contribution in [2.24, 2.45) is 0 Å². The minimum Gasteiger partial charge on any atom is -0.462 e. The van der Waals surface area contributed by atoms with Crippen LogP contribution in [0.15, 0.2) is 11.6 Å². The molecule has 1 saturated heterocycles. The van der Waals surface area contributed by atoms with Crippen molar-refractivity contribution >= 4 is 11.3 Å². The fraction of sp³-hybridized carbons (Fsp3) is 0.500. The highest BCUT2D eigenvalue weighted by molar-refractivity contribution is 7.11. The highest BCUT2D eigenvalue weighted by Crippen LogP contribution is 2.17. The number of thiazole rings is 1. The average Bonchev–Trinajstić information content (AvgIpc) is 2.29. The van der Waals surface area contributed by atoms with Gasteiger partial charge in [-0.05, 0) is 0 Å². The zero-order chi connectivity index (χ0) is 6.81. The van der Waals surface area contributed by atoms with E-state index in [1.807, 2.05) is 5.38 Å². The number of ether oxygens (including phenoxy) is 2. The van der Waals surface area contributed by atoms with Crippen molar-refractivity contribution in [3.05, 3.63) is 11.6 Å². The summed E-state index contributed by atoms with van der Waals surface area (Å²) in [5, 5.41) is 2.64. The molecule has 0 spiro atoms. The lowest BCUT2D eigenvalue weighted by atomic mass is 10.3. The molecule has 0 saturated carbocycles. The van der Waals surface area contributed by atoms with Gasteiger partial charge >= 0.3 is 0 Å². The van der Waals surface area contributed by atoms with Gasteiger partial charge < -0.3 is 9.47 Å². The van der Waals surface area contributed by atoms with Gasteiger partial charge in [-0.15, -0.1) is 0 Å². The monoisotopic (exact) mass is 157 g/mol. The maximum Gasteiger partial charge on any atom is 0.273 e. The molecule has 0 radical (unpaired) electrons. The summed E-state index contributed by atoms with van der Waals surface area (Å²) in [6, 6.07) is 0. The molecular weight excluding hydrogens is 150 g/mol. The van der Waals surface area contributed by atoms with E-state index in [2.05, 4.69) is 4.98 Å². The molecule has 1 aromatic heterocycles. The zero-order valence-electron chi connectivity index (χ0n) is 5.32. The van der Waals surface area contributed by atoms with Crippen molar-refractivity contribution in [3.8, 4) is 5.19 Å². The molecule has 0 atom stereocenters. The molecule has 1 aromatic rings. The van der Waals surface area contributed by atoms with Gasteiger partial charge in [0.2, 0.25) is 0 Å². The molecule has 0 aromatic carbocycles. The van der Waals surface area contributed by atoms with Crippen LogP contribution in [0.2, 0.25) is 0 Å². The Kier molecular flexibility index (Phi) is 1.56. The van der Waals surface area contributed by atoms with Crippen LogP contribution >= 0.6 is 11.3 Å². The van der Waals surface area contributed by atoms with Crippen LogP contribution in [-0.2, 0) is 4.74 Å². The fourth-order valence-electron chi connectivity index (χ4n) is 0.693. The Morgan fingerprint density at radius 2 is 2.60 bits per heavy atom. The molecule has 0 amide bonds. The predicted octanol–water partition coefficient (Wildman–Crippen LogP) is 0.921. The van der Waals surface area contributed by atoms with Gasteiger partial charge in [-0.3, -0.25) is 0 Å². The Labute approximate surface area is 62.6 Å². The van der Waals surface area contributed by atoms with Crippen molar-refractivity contribution in [3.63, 3.8) is 0 Å². The van der Waals surface area contributed by atoms with Crippen LogP contribution in [0.1, 0.15) is 0 Å². The van der Waals surface area contributed by atoms with Gasteiger partial charge in [0.25, 0.3) is 5.19 Å². The minimum absolute atomic E-state index is 0.242. The van der Waals surface area contributed by atoms with Crippen LogP contribution in [0, 0.1) is 0 Å². The molecule has 1 aliphatic heterocycles. The van der Waals surface area contributed by atoms with Gasteiger partial charge in [0.05, 0.1) is 13.2 Å². The van der Waals surface area contributed by atoms with Crippen LogP contribution in [0.25, 0.3) is 0 Å². The Hall–Kier alpha value is -0.610. The van der Waals surface area contributed by atoms with E-state index in [9.17, 15) is 0 Å². The summed E-state index contributed by atoms with van der Waals surface area (Å²) in [5.41, 5.74) is 0. The standard InChI is InChI=1S/C6H7NO2S/c1-2-10-6(7-1)9-5-3-8-4-5/h1-2,5H,3-4H2. The van der Waals surface area contributed by atoms with E-state index in [1.165, 1.54) is 11.3 Å². The van der Waals surface area contributed by atoms with Gasteiger partial charge in [-0.25, -0.2) is 4.98 Å². The first kappa shape index (κ1) is 6.12. The Balaban J connectivity index is 1.90. The second-order valence-corrected chi connectivity index (χ2v) is 2.93. The topological polar surface area (TPSA) is 31.4 Å². The number of hydrogen-bond acceptors (Lipinski definition) is 4. The number of rotatable bonds is 2. The molecule has 0 unspecified atom stereocenters. The molecule has 2 heterocycles. The SMILES string of the molecule is c1csc(OC2COC2)n1. The summed E-state index contributed by atoms with van der Waals surface area (Å²) in [6.07, 6.45) is 1.98. The third kappa shape index (κ3) is 1.12. The molecule has 54 valence electrons. The summed E-state index contributed by atoms with van der Waals surface area (Å²) in [6.45, 7) is 1.42. The highest BCUT2D eigenvalue weighted by atomic mass is 32.1. The average molecular weight is 157 g/mol. The summed E-state index contributed by atoms with van der Waals surface area (Å²) in [4.78, 5) is 3.98. The lowest BCUT2D eigenvalue weighted by Crippen LogP contribution is -2.38. The molecule has 0 N–H and O–H groups in total. The van der Waals surface area contributed by atoms with Gasteiger partial charge in [0.1, 0.15) is 6.10 Å². The highest BCUT2D eigenvalue weighted by Gasteiger charge is 2.20. The normalized spacial score (nSPS) is 18.4. The third-order valence-corrected chi connectivity index (χ3v) is 1.95. The molecule has 10 heavy (non-hydrogen) atoms. The predicted molar refractivity (Wildman–Crippen MR) is 37.3 cm³/mol. The van der Waals surface area contributed by atoms with Crippen LogP contribution in [0.5, 0.6) is 5.19 Å². The Morgan fingerprint density at radius 3 is 3.10 bits per heavy atom. The van der Waals surface area contributed by atoms with Crippen molar-refractivity contribution in [2.45, 2.75) is 6.10 Å². The first-order chi connectivity index (χ1) is 4.95. The third-order valence-electron chi connectivity index (χ3n) is 1.28. The molecule has 4 heteroatoms. The van der Waals surface area contributed by atoms with Crippen molar-refractivity contribution in [2.75, 3.05) is 13.2 Å². The Bertz CT molecular complexity index is 196. The van der Waals surface area contributed by atoms with E-state index in [-0.39, 0.29) is 6.10 Å². The van der Waals surface area contributed by atoms with E-state index in [0.29, 0.717) is 13.2 Å². The van der Waals surface area contributed by atoms with Gasteiger partial charge in [-0.1, -0.05) is 11.3 Å². The maximum absolute atomic E-state index is 5.37. The van der Waals surface area contributed by atoms with Crippen LogP contribution in [-0.4, -0.2) is 24.3 Å². The summed E-state index contributed by atoms with van der Waals surface area (Å²) >= 11 is 1.51. The van der Waals surface area contributed by atoms with Gasteiger partial charge in [-0.2, -0.15) is 0 Å². The molecule has 3 nitrogen and oxygen atoms in total. The molecule has 0 bridgehead atoms. The summed E-state index contributed by atoms with van der Waals surface area (Å²) < 4.78 is 10.3. The van der Waals surface area contributed by atoms with Crippen molar-refractivity contribution in [1.29, 1.82) is 0 Å². The quantitative estimate of drug-likeness (QED) is 0.639. The second kappa shape index (κ2) is 2.56. The number of nitrogens with zero attached hydrogens (tertiary/aromatic N) is 1. The minimum atomic E-state index is 0.242. The van der Waals surface area contributed by atoms with E-state index >= 15 is 0 Å².